The first-order valence-electron chi connectivity index (χ1n) is 6.67. The molecule has 2 aromatic rings. The first kappa shape index (κ1) is 18.5. The monoisotopic (exact) mass is 389 g/mol. The van der Waals surface area contributed by atoms with Gasteiger partial charge in [0, 0.05) is 17.2 Å². The van der Waals surface area contributed by atoms with E-state index in [0.717, 1.165) is 0 Å². The maximum absolute atomic E-state index is 12.6. The number of ether oxygens (including phenoxy) is 3. The second-order valence-electron chi connectivity index (χ2n) is 4.61. The summed E-state index contributed by atoms with van der Waals surface area (Å²) in [6, 6.07) is 6.04. The van der Waals surface area contributed by atoms with Gasteiger partial charge in [0.05, 0.1) is 42.6 Å². The van der Waals surface area contributed by atoms with Gasteiger partial charge in [-0.05, 0) is 12.1 Å². The van der Waals surface area contributed by atoms with Gasteiger partial charge in [0.15, 0.2) is 0 Å². The van der Waals surface area contributed by atoms with E-state index in [1.54, 1.807) is 6.07 Å². The Kier molecular flexibility index (Phi) is 6.04. The van der Waals surface area contributed by atoms with E-state index in [4.69, 9.17) is 49.0 Å². The van der Waals surface area contributed by atoms with Crippen LogP contribution in [-0.4, -0.2) is 27.2 Å². The molecule has 0 fully saturated rings. The van der Waals surface area contributed by atoms with Crippen LogP contribution in [0.15, 0.2) is 24.3 Å². The van der Waals surface area contributed by atoms with Crippen LogP contribution in [0.4, 0.5) is 5.69 Å². The number of carbonyl (C=O) groups is 1. The van der Waals surface area contributed by atoms with Crippen LogP contribution < -0.4 is 19.5 Å². The molecule has 0 aliphatic heterocycles. The lowest BCUT2D eigenvalue weighted by Gasteiger charge is -2.15. The van der Waals surface area contributed by atoms with Crippen molar-refractivity contribution < 1.29 is 19.0 Å². The second-order valence-corrected chi connectivity index (χ2v) is 5.86. The molecule has 0 unspecified atom stereocenters. The number of benzene rings is 2. The zero-order valence-corrected chi connectivity index (χ0v) is 15.3. The van der Waals surface area contributed by atoms with E-state index in [9.17, 15) is 4.79 Å². The van der Waals surface area contributed by atoms with Crippen LogP contribution in [0.3, 0.4) is 0 Å². The van der Waals surface area contributed by atoms with Crippen molar-refractivity contribution in [2.45, 2.75) is 0 Å². The van der Waals surface area contributed by atoms with E-state index in [0.29, 0.717) is 27.2 Å². The number of hydrogen-bond acceptors (Lipinski definition) is 4. The molecule has 1 amide bonds. The summed E-state index contributed by atoms with van der Waals surface area (Å²) in [5, 5.41) is 3.61. The molecule has 2 rings (SSSR count). The average molecular weight is 391 g/mol. The van der Waals surface area contributed by atoms with Gasteiger partial charge >= 0.3 is 0 Å². The fourth-order valence-electron chi connectivity index (χ4n) is 2.08. The highest BCUT2D eigenvalue weighted by Gasteiger charge is 2.19. The number of carbonyl (C=O) groups excluding carboxylic acids is 1. The Hall–Kier alpha value is -1.82. The minimum atomic E-state index is -0.473. The fraction of sp³-hybridized carbons (Fsp3) is 0.188. The van der Waals surface area contributed by atoms with Crippen LogP contribution in [0.1, 0.15) is 10.4 Å². The van der Waals surface area contributed by atoms with Crippen molar-refractivity contribution >= 4 is 46.4 Å². The van der Waals surface area contributed by atoms with Gasteiger partial charge in [-0.25, -0.2) is 0 Å². The summed E-state index contributed by atoms with van der Waals surface area (Å²) >= 11 is 18.1. The molecule has 0 aliphatic carbocycles. The van der Waals surface area contributed by atoms with Crippen molar-refractivity contribution in [3.05, 3.63) is 44.9 Å². The van der Waals surface area contributed by atoms with Crippen molar-refractivity contribution in [2.75, 3.05) is 26.6 Å². The molecule has 8 heteroatoms. The molecule has 0 spiro atoms. The predicted molar refractivity (Wildman–Crippen MR) is 95.5 cm³/mol. The third-order valence-corrected chi connectivity index (χ3v) is 3.97. The number of nitrogens with one attached hydrogen (secondary N) is 1. The zero-order chi connectivity index (χ0) is 17.9. The van der Waals surface area contributed by atoms with Crippen LogP contribution in [0, 0.1) is 0 Å². The number of rotatable bonds is 5. The topological polar surface area (TPSA) is 56.8 Å². The molecular weight excluding hydrogens is 377 g/mol. The van der Waals surface area contributed by atoms with Crippen LogP contribution in [-0.2, 0) is 0 Å². The first-order chi connectivity index (χ1) is 11.4. The van der Waals surface area contributed by atoms with Gasteiger partial charge in [-0.3, -0.25) is 4.79 Å². The normalized spacial score (nSPS) is 10.2. The molecule has 0 aliphatic rings. The first-order valence-corrected chi connectivity index (χ1v) is 7.80. The van der Waals surface area contributed by atoms with E-state index in [1.165, 1.54) is 39.5 Å². The van der Waals surface area contributed by atoms with Crippen molar-refractivity contribution in [2.24, 2.45) is 0 Å². The molecule has 0 heterocycles. The standard InChI is InChI=1S/C16H14Cl3NO4/c1-22-13-7-12(14(23-2)6-10(13)18)20-16(21)9-4-8(17)5-11(19)15(9)24-3/h4-7H,1-3H3,(H,20,21). The molecule has 0 radical (unpaired) electrons. The minimum absolute atomic E-state index is 0.186. The zero-order valence-electron chi connectivity index (χ0n) is 13.1. The average Bonchev–Trinajstić information content (AvgIpc) is 2.55. The number of methoxy groups -OCH3 is 3. The highest BCUT2D eigenvalue weighted by atomic mass is 35.5. The Balaban J connectivity index is 2.44. The predicted octanol–water partition coefficient (Wildman–Crippen LogP) is 4.92. The van der Waals surface area contributed by atoms with Gasteiger partial charge in [0.1, 0.15) is 17.2 Å². The molecule has 2 aromatic carbocycles. The van der Waals surface area contributed by atoms with Crippen LogP contribution in [0.25, 0.3) is 0 Å². The molecule has 0 aromatic heterocycles. The van der Waals surface area contributed by atoms with E-state index in [1.807, 2.05) is 0 Å². The van der Waals surface area contributed by atoms with E-state index >= 15 is 0 Å². The summed E-state index contributed by atoms with van der Waals surface area (Å²) < 4.78 is 15.6. The van der Waals surface area contributed by atoms with E-state index in [-0.39, 0.29) is 16.3 Å². The van der Waals surface area contributed by atoms with Crippen molar-refractivity contribution in [1.82, 2.24) is 0 Å². The van der Waals surface area contributed by atoms with Gasteiger partial charge in [-0.2, -0.15) is 0 Å². The summed E-state index contributed by atoms with van der Waals surface area (Å²) in [6.45, 7) is 0. The van der Waals surface area contributed by atoms with Gasteiger partial charge in [-0.15, -0.1) is 0 Å². The van der Waals surface area contributed by atoms with Gasteiger partial charge in [-0.1, -0.05) is 34.8 Å². The Morgan fingerprint density at radius 1 is 0.875 bits per heavy atom. The maximum Gasteiger partial charge on any atom is 0.259 e. The minimum Gasteiger partial charge on any atom is -0.495 e. The Morgan fingerprint density at radius 2 is 1.54 bits per heavy atom. The molecule has 0 bridgehead atoms. The van der Waals surface area contributed by atoms with Crippen LogP contribution >= 0.6 is 34.8 Å². The molecule has 5 nitrogen and oxygen atoms in total. The third-order valence-electron chi connectivity index (χ3n) is 3.18. The van der Waals surface area contributed by atoms with Gasteiger partial charge < -0.3 is 19.5 Å². The molecule has 1 N–H and O–H groups in total. The lowest BCUT2D eigenvalue weighted by atomic mass is 10.1. The van der Waals surface area contributed by atoms with Gasteiger partial charge in [0.25, 0.3) is 5.91 Å². The second kappa shape index (κ2) is 7.83. The SMILES string of the molecule is COc1cc(NC(=O)c2cc(Cl)cc(Cl)c2OC)c(OC)cc1Cl. The number of anilines is 1. The summed E-state index contributed by atoms with van der Waals surface area (Å²) in [4.78, 5) is 12.6. The van der Waals surface area contributed by atoms with Gasteiger partial charge in [0.2, 0.25) is 0 Å². The number of halogens is 3. The maximum atomic E-state index is 12.6. The molecule has 24 heavy (non-hydrogen) atoms. The quantitative estimate of drug-likeness (QED) is 0.787. The Bertz CT molecular complexity index is 780. The highest BCUT2D eigenvalue weighted by Crippen LogP contribution is 2.37. The molecule has 0 atom stereocenters. The summed E-state index contributed by atoms with van der Waals surface area (Å²) in [6.07, 6.45) is 0. The summed E-state index contributed by atoms with van der Waals surface area (Å²) in [5.41, 5.74) is 0.563. The molecule has 128 valence electrons. The fourth-order valence-corrected chi connectivity index (χ4v) is 2.89. The van der Waals surface area contributed by atoms with Crippen LogP contribution in [0.5, 0.6) is 17.2 Å². The van der Waals surface area contributed by atoms with E-state index in [2.05, 4.69) is 5.32 Å². The van der Waals surface area contributed by atoms with Crippen molar-refractivity contribution in [3.63, 3.8) is 0 Å². The lowest BCUT2D eigenvalue weighted by molar-refractivity contribution is 0.102. The smallest absolute Gasteiger partial charge is 0.259 e. The molecule has 0 saturated heterocycles. The summed E-state index contributed by atoms with van der Waals surface area (Å²) in [7, 11) is 4.35. The van der Waals surface area contributed by atoms with Crippen molar-refractivity contribution in [3.8, 4) is 17.2 Å². The molecule has 0 saturated carbocycles. The van der Waals surface area contributed by atoms with E-state index < -0.39 is 5.91 Å². The number of amides is 1. The largest absolute Gasteiger partial charge is 0.495 e. The molecular formula is C16H14Cl3NO4. The number of hydrogen-bond donors (Lipinski definition) is 1. The Morgan fingerprint density at radius 3 is 2.12 bits per heavy atom. The van der Waals surface area contributed by atoms with Crippen molar-refractivity contribution in [1.29, 1.82) is 0 Å². The summed E-state index contributed by atoms with van der Waals surface area (Å²) in [5.74, 6) is 0.516. The Labute approximate surface area is 154 Å². The highest BCUT2D eigenvalue weighted by molar-refractivity contribution is 6.36. The lowest BCUT2D eigenvalue weighted by Crippen LogP contribution is -2.14. The third kappa shape index (κ3) is 3.80. The van der Waals surface area contributed by atoms with Crippen LogP contribution in [0.2, 0.25) is 15.1 Å².